The van der Waals surface area contributed by atoms with Crippen LogP contribution in [0.5, 0.6) is 5.88 Å². The zero-order chi connectivity index (χ0) is 16.1. The molecule has 1 aromatic heterocycles. The van der Waals surface area contributed by atoms with Gasteiger partial charge in [-0.1, -0.05) is 12.8 Å². The Morgan fingerprint density at radius 3 is 2.74 bits per heavy atom. The normalized spacial score (nSPS) is 19.0. The summed E-state index contributed by atoms with van der Waals surface area (Å²) in [7, 11) is 0. The van der Waals surface area contributed by atoms with Gasteiger partial charge in [0.15, 0.2) is 0 Å². The van der Waals surface area contributed by atoms with E-state index in [-0.39, 0.29) is 6.03 Å². The Kier molecular flexibility index (Phi) is 5.15. The van der Waals surface area contributed by atoms with Crippen molar-refractivity contribution in [2.45, 2.75) is 38.6 Å². The van der Waals surface area contributed by atoms with Crippen LogP contribution in [0.4, 0.5) is 10.7 Å². The van der Waals surface area contributed by atoms with E-state index in [1.165, 1.54) is 12.8 Å². The molecule has 1 aliphatic carbocycles. The molecule has 126 valence electrons. The number of piperazine rings is 1. The first-order chi connectivity index (χ1) is 11.3. The second-order valence-corrected chi connectivity index (χ2v) is 6.03. The third-order valence-electron chi connectivity index (χ3n) is 4.44. The van der Waals surface area contributed by atoms with E-state index in [1.807, 2.05) is 11.8 Å². The quantitative estimate of drug-likeness (QED) is 0.914. The van der Waals surface area contributed by atoms with Crippen molar-refractivity contribution in [3.63, 3.8) is 0 Å². The van der Waals surface area contributed by atoms with Crippen molar-refractivity contribution < 1.29 is 9.53 Å². The second kappa shape index (κ2) is 7.48. The highest BCUT2D eigenvalue weighted by Crippen LogP contribution is 2.18. The summed E-state index contributed by atoms with van der Waals surface area (Å²) < 4.78 is 5.42. The summed E-state index contributed by atoms with van der Waals surface area (Å²) in [4.78, 5) is 25.0. The van der Waals surface area contributed by atoms with Gasteiger partial charge in [0.25, 0.3) is 0 Å². The molecule has 0 aromatic carbocycles. The summed E-state index contributed by atoms with van der Waals surface area (Å²) in [6.45, 7) is 5.40. The number of carbonyl (C=O) groups is 1. The molecule has 0 unspecified atom stereocenters. The Bertz CT molecular complexity index is 525. The van der Waals surface area contributed by atoms with Crippen LogP contribution >= 0.6 is 0 Å². The average Bonchev–Trinajstić information content (AvgIpc) is 3.08. The largest absolute Gasteiger partial charge is 0.478 e. The van der Waals surface area contributed by atoms with Gasteiger partial charge in [0, 0.05) is 44.5 Å². The maximum atomic E-state index is 12.3. The van der Waals surface area contributed by atoms with Crippen molar-refractivity contribution in [2.24, 2.45) is 0 Å². The fourth-order valence-electron chi connectivity index (χ4n) is 3.16. The van der Waals surface area contributed by atoms with Gasteiger partial charge in [0.05, 0.1) is 6.61 Å². The third kappa shape index (κ3) is 4.03. The minimum absolute atomic E-state index is 0.0699. The first kappa shape index (κ1) is 15.8. The summed E-state index contributed by atoms with van der Waals surface area (Å²) in [5.74, 6) is 1.27. The number of hydrogen-bond acceptors (Lipinski definition) is 5. The molecule has 2 heterocycles. The molecule has 1 aromatic rings. The molecule has 3 rings (SSSR count). The van der Waals surface area contributed by atoms with Crippen molar-refractivity contribution in [3.05, 3.63) is 12.3 Å². The van der Waals surface area contributed by atoms with E-state index in [0.717, 1.165) is 25.9 Å². The van der Waals surface area contributed by atoms with E-state index in [0.29, 0.717) is 37.6 Å². The van der Waals surface area contributed by atoms with Gasteiger partial charge in [-0.2, -0.15) is 4.98 Å². The van der Waals surface area contributed by atoms with Gasteiger partial charge in [-0.15, -0.1) is 0 Å². The lowest BCUT2D eigenvalue weighted by Crippen LogP contribution is -2.53. The highest BCUT2D eigenvalue weighted by atomic mass is 16.5. The van der Waals surface area contributed by atoms with Crippen molar-refractivity contribution in [1.82, 2.24) is 20.2 Å². The monoisotopic (exact) mass is 319 g/mol. The molecule has 0 atom stereocenters. The molecule has 0 spiro atoms. The number of nitrogens with one attached hydrogen (secondary N) is 1. The maximum absolute atomic E-state index is 12.3. The first-order valence-corrected chi connectivity index (χ1v) is 8.52. The number of nitrogens with zero attached hydrogens (tertiary/aromatic N) is 4. The first-order valence-electron chi connectivity index (χ1n) is 8.52. The molecule has 2 fully saturated rings. The van der Waals surface area contributed by atoms with Crippen LogP contribution in [0.15, 0.2) is 12.3 Å². The molecule has 7 nitrogen and oxygen atoms in total. The molecule has 2 amide bonds. The van der Waals surface area contributed by atoms with Gasteiger partial charge in [-0.3, -0.25) is 0 Å². The number of rotatable bonds is 4. The van der Waals surface area contributed by atoms with E-state index in [2.05, 4.69) is 20.2 Å². The molecular weight excluding hydrogens is 294 g/mol. The maximum Gasteiger partial charge on any atom is 0.317 e. The SMILES string of the molecule is CCOc1ccnc(N2CCN(C(=O)NC3CCCC3)CC2)n1. The lowest BCUT2D eigenvalue weighted by Gasteiger charge is -2.35. The highest BCUT2D eigenvalue weighted by Gasteiger charge is 2.25. The zero-order valence-corrected chi connectivity index (χ0v) is 13.7. The summed E-state index contributed by atoms with van der Waals surface area (Å²) in [5, 5.41) is 3.15. The smallest absolute Gasteiger partial charge is 0.317 e. The van der Waals surface area contributed by atoms with E-state index >= 15 is 0 Å². The molecule has 1 saturated carbocycles. The van der Waals surface area contributed by atoms with Gasteiger partial charge in [-0.05, 0) is 19.8 Å². The van der Waals surface area contributed by atoms with Crippen molar-refractivity contribution in [2.75, 3.05) is 37.7 Å². The topological polar surface area (TPSA) is 70.6 Å². The number of urea groups is 1. The van der Waals surface area contributed by atoms with Crippen LogP contribution in [0.25, 0.3) is 0 Å². The van der Waals surface area contributed by atoms with E-state index in [4.69, 9.17) is 4.74 Å². The van der Waals surface area contributed by atoms with Crippen LogP contribution in [0, 0.1) is 0 Å². The van der Waals surface area contributed by atoms with Crippen LogP contribution in [0.3, 0.4) is 0 Å². The zero-order valence-electron chi connectivity index (χ0n) is 13.7. The fourth-order valence-corrected chi connectivity index (χ4v) is 3.16. The Morgan fingerprint density at radius 1 is 1.30 bits per heavy atom. The second-order valence-electron chi connectivity index (χ2n) is 6.03. The number of hydrogen-bond donors (Lipinski definition) is 1. The van der Waals surface area contributed by atoms with Crippen LogP contribution in [-0.4, -0.2) is 59.7 Å². The van der Waals surface area contributed by atoms with E-state index in [9.17, 15) is 4.79 Å². The molecule has 23 heavy (non-hydrogen) atoms. The number of aromatic nitrogens is 2. The van der Waals surface area contributed by atoms with Crippen molar-refractivity contribution >= 4 is 12.0 Å². The average molecular weight is 319 g/mol. The van der Waals surface area contributed by atoms with Gasteiger partial charge in [0.2, 0.25) is 11.8 Å². The minimum Gasteiger partial charge on any atom is -0.478 e. The van der Waals surface area contributed by atoms with Gasteiger partial charge in [0.1, 0.15) is 0 Å². The summed E-state index contributed by atoms with van der Waals surface area (Å²) >= 11 is 0. The van der Waals surface area contributed by atoms with E-state index < -0.39 is 0 Å². The van der Waals surface area contributed by atoms with Crippen LogP contribution in [0.1, 0.15) is 32.6 Å². The number of ether oxygens (including phenoxy) is 1. The Balaban J connectivity index is 1.51. The number of amides is 2. The summed E-state index contributed by atoms with van der Waals surface area (Å²) in [6, 6.07) is 2.20. The predicted molar refractivity (Wildman–Crippen MR) is 87.8 cm³/mol. The molecule has 1 saturated heterocycles. The molecule has 0 radical (unpaired) electrons. The van der Waals surface area contributed by atoms with Crippen LogP contribution in [0.2, 0.25) is 0 Å². The summed E-state index contributed by atoms with van der Waals surface area (Å²) in [6.07, 6.45) is 6.40. The lowest BCUT2D eigenvalue weighted by molar-refractivity contribution is 0.190. The van der Waals surface area contributed by atoms with Crippen LogP contribution < -0.4 is 15.0 Å². The standard InChI is InChI=1S/C16H25N5O2/c1-2-23-14-7-8-17-15(19-14)20-9-11-21(12-10-20)16(22)18-13-5-3-4-6-13/h7-8,13H,2-6,9-12H2,1H3,(H,18,22). The minimum atomic E-state index is 0.0699. The molecule has 0 bridgehead atoms. The van der Waals surface area contributed by atoms with Gasteiger partial charge in [-0.25, -0.2) is 9.78 Å². The predicted octanol–water partition coefficient (Wildman–Crippen LogP) is 1.65. The van der Waals surface area contributed by atoms with Gasteiger partial charge >= 0.3 is 6.03 Å². The van der Waals surface area contributed by atoms with Crippen molar-refractivity contribution in [1.29, 1.82) is 0 Å². The fraction of sp³-hybridized carbons (Fsp3) is 0.688. The third-order valence-corrected chi connectivity index (χ3v) is 4.44. The molecular formula is C16H25N5O2. The summed E-state index contributed by atoms with van der Waals surface area (Å²) in [5.41, 5.74) is 0. The Hall–Kier alpha value is -2.05. The Labute approximate surface area is 137 Å². The molecule has 7 heteroatoms. The van der Waals surface area contributed by atoms with Crippen molar-refractivity contribution in [3.8, 4) is 5.88 Å². The molecule has 1 aliphatic heterocycles. The molecule has 1 N–H and O–H groups in total. The Morgan fingerprint density at radius 2 is 2.04 bits per heavy atom. The lowest BCUT2D eigenvalue weighted by atomic mass is 10.2. The highest BCUT2D eigenvalue weighted by molar-refractivity contribution is 5.74. The van der Waals surface area contributed by atoms with Gasteiger partial charge < -0.3 is 19.9 Å². The molecule has 2 aliphatic rings. The number of carbonyl (C=O) groups excluding carboxylic acids is 1. The number of anilines is 1. The van der Waals surface area contributed by atoms with Crippen LogP contribution in [-0.2, 0) is 0 Å². The van der Waals surface area contributed by atoms with E-state index in [1.54, 1.807) is 12.3 Å².